The normalized spacial score (nSPS) is 13.3. The van der Waals surface area contributed by atoms with Crippen molar-refractivity contribution in [2.45, 2.75) is 45.8 Å². The Morgan fingerprint density at radius 1 is 1.12 bits per heavy atom. The first-order valence-electron chi connectivity index (χ1n) is 8.10. The molecule has 2 amide bonds. The second-order valence-corrected chi connectivity index (χ2v) is 5.93. The molecule has 0 unspecified atom stereocenters. The second kappa shape index (κ2) is 7.77. The van der Waals surface area contributed by atoms with E-state index in [1.165, 1.54) is 6.07 Å². The molecule has 2 aromatic rings. The van der Waals surface area contributed by atoms with E-state index in [1.54, 1.807) is 35.9 Å². The number of nitrogens with zero attached hydrogens (tertiary/aromatic N) is 1. The lowest BCUT2D eigenvalue weighted by Gasteiger charge is -2.18. The van der Waals surface area contributed by atoms with Gasteiger partial charge in [-0.2, -0.15) is 0 Å². The van der Waals surface area contributed by atoms with Crippen LogP contribution in [0, 0.1) is 0 Å². The Bertz CT molecular complexity index is 797. The first-order valence-corrected chi connectivity index (χ1v) is 8.10. The lowest BCUT2D eigenvalue weighted by molar-refractivity contribution is -0.129. The summed E-state index contributed by atoms with van der Waals surface area (Å²) in [5.74, 6) is -0.488. The SMILES string of the molecule is CC[C@H](C)NC(=O)[C@@H](C)NC(=O)Cn1ccc(=O)c2ccccc21. The van der Waals surface area contributed by atoms with Crippen LogP contribution in [0.15, 0.2) is 41.3 Å². The highest BCUT2D eigenvalue weighted by Crippen LogP contribution is 2.09. The van der Waals surface area contributed by atoms with Crippen molar-refractivity contribution in [2.24, 2.45) is 0 Å². The van der Waals surface area contributed by atoms with Gasteiger partial charge in [0.15, 0.2) is 5.43 Å². The minimum Gasteiger partial charge on any atom is -0.352 e. The highest BCUT2D eigenvalue weighted by molar-refractivity contribution is 5.88. The Labute approximate surface area is 140 Å². The zero-order chi connectivity index (χ0) is 17.7. The molecule has 128 valence electrons. The van der Waals surface area contributed by atoms with Crippen LogP contribution in [-0.2, 0) is 16.1 Å². The van der Waals surface area contributed by atoms with E-state index in [4.69, 9.17) is 0 Å². The molecule has 0 radical (unpaired) electrons. The Hall–Kier alpha value is -2.63. The summed E-state index contributed by atoms with van der Waals surface area (Å²) in [4.78, 5) is 36.1. The number of carbonyl (C=O) groups is 2. The summed E-state index contributed by atoms with van der Waals surface area (Å²) in [5.41, 5.74) is 0.611. The Morgan fingerprint density at radius 3 is 2.54 bits per heavy atom. The lowest BCUT2D eigenvalue weighted by Crippen LogP contribution is -2.48. The zero-order valence-corrected chi connectivity index (χ0v) is 14.2. The van der Waals surface area contributed by atoms with Crippen molar-refractivity contribution in [3.05, 3.63) is 46.8 Å². The molecule has 0 spiro atoms. The number of hydrogen-bond acceptors (Lipinski definition) is 3. The molecule has 0 bridgehead atoms. The summed E-state index contributed by atoms with van der Waals surface area (Å²) in [6.07, 6.45) is 2.42. The van der Waals surface area contributed by atoms with Gasteiger partial charge >= 0.3 is 0 Å². The van der Waals surface area contributed by atoms with Crippen molar-refractivity contribution in [1.82, 2.24) is 15.2 Å². The van der Waals surface area contributed by atoms with Crippen molar-refractivity contribution in [1.29, 1.82) is 0 Å². The molecule has 2 rings (SSSR count). The molecule has 0 fully saturated rings. The summed E-state index contributed by atoms with van der Waals surface area (Å²) < 4.78 is 1.70. The fraction of sp³-hybridized carbons (Fsp3) is 0.389. The van der Waals surface area contributed by atoms with E-state index in [0.29, 0.717) is 10.9 Å². The number of nitrogens with one attached hydrogen (secondary N) is 2. The molecule has 0 saturated heterocycles. The number of hydrogen-bond donors (Lipinski definition) is 2. The molecule has 1 heterocycles. The maximum absolute atomic E-state index is 12.2. The smallest absolute Gasteiger partial charge is 0.242 e. The molecule has 1 aromatic heterocycles. The number of para-hydroxylation sites is 1. The van der Waals surface area contributed by atoms with Gasteiger partial charge in [0.05, 0.1) is 5.52 Å². The predicted octanol–water partition coefficient (Wildman–Crippen LogP) is 1.42. The molecule has 0 aliphatic carbocycles. The Kier molecular flexibility index (Phi) is 5.73. The van der Waals surface area contributed by atoms with E-state index in [9.17, 15) is 14.4 Å². The molecule has 6 nitrogen and oxygen atoms in total. The van der Waals surface area contributed by atoms with E-state index >= 15 is 0 Å². The van der Waals surface area contributed by atoms with Crippen LogP contribution < -0.4 is 16.1 Å². The van der Waals surface area contributed by atoms with E-state index in [2.05, 4.69) is 10.6 Å². The highest BCUT2D eigenvalue weighted by Gasteiger charge is 2.17. The zero-order valence-electron chi connectivity index (χ0n) is 14.2. The maximum Gasteiger partial charge on any atom is 0.242 e. The van der Waals surface area contributed by atoms with Gasteiger partial charge in [-0.05, 0) is 32.4 Å². The van der Waals surface area contributed by atoms with Gasteiger partial charge < -0.3 is 15.2 Å². The molecule has 2 atom stereocenters. The van der Waals surface area contributed by atoms with Crippen LogP contribution in [0.3, 0.4) is 0 Å². The third-order valence-corrected chi connectivity index (χ3v) is 3.97. The fourth-order valence-corrected chi connectivity index (χ4v) is 2.38. The average molecular weight is 329 g/mol. The number of pyridine rings is 1. The van der Waals surface area contributed by atoms with Gasteiger partial charge in [-0.25, -0.2) is 0 Å². The van der Waals surface area contributed by atoms with Crippen molar-refractivity contribution in [2.75, 3.05) is 0 Å². The second-order valence-electron chi connectivity index (χ2n) is 5.93. The Morgan fingerprint density at radius 2 is 1.83 bits per heavy atom. The van der Waals surface area contributed by atoms with Crippen molar-refractivity contribution < 1.29 is 9.59 Å². The van der Waals surface area contributed by atoms with Crippen LogP contribution in [0.5, 0.6) is 0 Å². The third kappa shape index (κ3) is 4.22. The lowest BCUT2D eigenvalue weighted by atomic mass is 10.2. The van der Waals surface area contributed by atoms with Crippen molar-refractivity contribution in [3.8, 4) is 0 Å². The molecule has 2 N–H and O–H groups in total. The summed E-state index contributed by atoms with van der Waals surface area (Å²) in [7, 11) is 0. The summed E-state index contributed by atoms with van der Waals surface area (Å²) in [6, 6.07) is 8.02. The number of benzene rings is 1. The van der Waals surface area contributed by atoms with Crippen LogP contribution >= 0.6 is 0 Å². The molecule has 0 aliphatic heterocycles. The minimum atomic E-state index is -0.614. The van der Waals surface area contributed by atoms with E-state index in [-0.39, 0.29) is 29.8 Å². The summed E-state index contributed by atoms with van der Waals surface area (Å²) >= 11 is 0. The van der Waals surface area contributed by atoms with Crippen molar-refractivity contribution >= 4 is 22.7 Å². The topological polar surface area (TPSA) is 80.2 Å². The van der Waals surface area contributed by atoms with Gasteiger partial charge in [-0.3, -0.25) is 14.4 Å². The predicted molar refractivity (Wildman–Crippen MR) is 93.7 cm³/mol. The molecule has 24 heavy (non-hydrogen) atoms. The number of carbonyl (C=O) groups excluding carboxylic acids is 2. The van der Waals surface area contributed by atoms with Crippen LogP contribution in [0.4, 0.5) is 0 Å². The largest absolute Gasteiger partial charge is 0.352 e. The maximum atomic E-state index is 12.2. The van der Waals surface area contributed by atoms with Gasteiger partial charge in [-0.15, -0.1) is 0 Å². The Balaban J connectivity index is 2.07. The molecule has 6 heteroatoms. The number of rotatable bonds is 6. The minimum absolute atomic E-state index is 0.0434. The van der Waals surface area contributed by atoms with Gasteiger partial charge in [0.2, 0.25) is 11.8 Å². The van der Waals surface area contributed by atoms with Crippen LogP contribution in [0.2, 0.25) is 0 Å². The number of amides is 2. The average Bonchev–Trinajstić information content (AvgIpc) is 2.57. The summed E-state index contributed by atoms with van der Waals surface area (Å²) in [6.45, 7) is 5.59. The van der Waals surface area contributed by atoms with Gasteiger partial charge in [0.1, 0.15) is 12.6 Å². The van der Waals surface area contributed by atoms with Crippen LogP contribution in [-0.4, -0.2) is 28.5 Å². The van der Waals surface area contributed by atoms with Gasteiger partial charge in [-0.1, -0.05) is 19.1 Å². The van der Waals surface area contributed by atoms with E-state index < -0.39 is 6.04 Å². The number of fused-ring (bicyclic) bond motifs is 1. The third-order valence-electron chi connectivity index (χ3n) is 3.97. The van der Waals surface area contributed by atoms with Gasteiger partial charge in [0.25, 0.3) is 0 Å². The van der Waals surface area contributed by atoms with E-state index in [1.807, 2.05) is 19.9 Å². The fourth-order valence-electron chi connectivity index (χ4n) is 2.38. The number of aromatic nitrogens is 1. The van der Waals surface area contributed by atoms with Crippen molar-refractivity contribution in [3.63, 3.8) is 0 Å². The molecule has 0 aliphatic rings. The summed E-state index contributed by atoms with van der Waals surface area (Å²) in [5, 5.41) is 6.09. The molecule has 0 saturated carbocycles. The quantitative estimate of drug-likeness (QED) is 0.841. The monoisotopic (exact) mass is 329 g/mol. The standard InChI is InChI=1S/C18H23N3O3/c1-4-12(2)19-18(24)13(3)20-17(23)11-21-10-9-16(22)14-7-5-6-8-15(14)21/h5-10,12-13H,4,11H2,1-3H3,(H,19,24)(H,20,23)/t12-,13+/m0/s1. The first-order chi connectivity index (χ1) is 11.4. The van der Waals surface area contributed by atoms with Crippen LogP contribution in [0.25, 0.3) is 10.9 Å². The first kappa shape index (κ1) is 17.7. The van der Waals surface area contributed by atoms with Crippen LogP contribution in [0.1, 0.15) is 27.2 Å². The molecule has 1 aromatic carbocycles. The molecular weight excluding hydrogens is 306 g/mol. The highest BCUT2D eigenvalue weighted by atomic mass is 16.2. The van der Waals surface area contributed by atoms with Gasteiger partial charge in [0, 0.05) is 23.7 Å². The molecular formula is C18H23N3O3. The van der Waals surface area contributed by atoms with E-state index in [0.717, 1.165) is 6.42 Å².